The fraction of sp³-hybridized carbons (Fsp3) is 0.471. The first-order valence-corrected chi connectivity index (χ1v) is 7.58. The fourth-order valence-corrected chi connectivity index (χ4v) is 3.89. The van der Waals surface area contributed by atoms with E-state index in [1.165, 1.54) is 18.2 Å². The van der Waals surface area contributed by atoms with Crippen LogP contribution in [-0.2, 0) is 6.54 Å². The SMILES string of the molecule is OC1CC2CCC(C1)N2Cc1ccc2ccccc2n1. The summed E-state index contributed by atoms with van der Waals surface area (Å²) in [6, 6.07) is 13.7. The van der Waals surface area contributed by atoms with Gasteiger partial charge in [0.05, 0.1) is 17.3 Å². The minimum absolute atomic E-state index is 0.0895. The molecule has 2 aromatic rings. The van der Waals surface area contributed by atoms with Gasteiger partial charge >= 0.3 is 0 Å². The largest absolute Gasteiger partial charge is 0.393 e. The molecule has 0 radical (unpaired) electrons. The molecule has 2 atom stereocenters. The van der Waals surface area contributed by atoms with Crippen molar-refractivity contribution in [2.75, 3.05) is 0 Å². The average molecular weight is 268 g/mol. The van der Waals surface area contributed by atoms with Gasteiger partial charge in [0.15, 0.2) is 0 Å². The van der Waals surface area contributed by atoms with E-state index < -0.39 is 0 Å². The summed E-state index contributed by atoms with van der Waals surface area (Å²) in [6.07, 6.45) is 4.24. The molecule has 104 valence electrons. The molecule has 0 saturated carbocycles. The molecule has 0 amide bonds. The molecule has 2 aliphatic heterocycles. The van der Waals surface area contributed by atoms with Crippen LogP contribution in [0.1, 0.15) is 31.4 Å². The lowest BCUT2D eigenvalue weighted by molar-refractivity contribution is 0.0304. The smallest absolute Gasteiger partial charge is 0.0705 e. The molecule has 0 aliphatic carbocycles. The number of para-hydroxylation sites is 1. The van der Waals surface area contributed by atoms with E-state index in [4.69, 9.17) is 4.98 Å². The van der Waals surface area contributed by atoms with E-state index in [2.05, 4.69) is 35.2 Å². The van der Waals surface area contributed by atoms with Crippen LogP contribution < -0.4 is 0 Å². The number of fused-ring (bicyclic) bond motifs is 3. The zero-order valence-electron chi connectivity index (χ0n) is 11.6. The maximum absolute atomic E-state index is 9.87. The van der Waals surface area contributed by atoms with Crippen LogP contribution in [0.25, 0.3) is 10.9 Å². The van der Waals surface area contributed by atoms with Crippen LogP contribution in [0.4, 0.5) is 0 Å². The Morgan fingerprint density at radius 3 is 2.60 bits per heavy atom. The van der Waals surface area contributed by atoms with Gasteiger partial charge in [-0.3, -0.25) is 9.88 Å². The summed E-state index contributed by atoms with van der Waals surface area (Å²) in [7, 11) is 0. The Hall–Kier alpha value is -1.45. The highest BCUT2D eigenvalue weighted by Crippen LogP contribution is 2.36. The third-order valence-corrected chi connectivity index (χ3v) is 4.86. The van der Waals surface area contributed by atoms with Crippen LogP contribution in [-0.4, -0.2) is 33.2 Å². The van der Waals surface area contributed by atoms with Gasteiger partial charge in [0, 0.05) is 24.0 Å². The maximum atomic E-state index is 9.87. The minimum Gasteiger partial charge on any atom is -0.393 e. The van der Waals surface area contributed by atoms with Gasteiger partial charge in [0.2, 0.25) is 0 Å². The number of piperidine rings is 1. The summed E-state index contributed by atoms with van der Waals surface area (Å²) in [6.45, 7) is 0.923. The molecule has 20 heavy (non-hydrogen) atoms. The van der Waals surface area contributed by atoms with Gasteiger partial charge in [0.1, 0.15) is 0 Å². The van der Waals surface area contributed by atoms with Crippen molar-refractivity contribution in [3.05, 3.63) is 42.1 Å². The number of rotatable bonds is 2. The number of hydrogen-bond acceptors (Lipinski definition) is 3. The van der Waals surface area contributed by atoms with Crippen molar-refractivity contribution < 1.29 is 5.11 Å². The molecule has 2 fully saturated rings. The second-order valence-electron chi connectivity index (χ2n) is 6.18. The molecule has 4 rings (SSSR count). The Labute approximate surface area is 119 Å². The number of aliphatic hydroxyl groups excluding tert-OH is 1. The molecular weight excluding hydrogens is 248 g/mol. The first kappa shape index (κ1) is 12.3. The Morgan fingerprint density at radius 2 is 1.80 bits per heavy atom. The second-order valence-corrected chi connectivity index (χ2v) is 6.18. The van der Waals surface area contributed by atoms with E-state index in [9.17, 15) is 5.11 Å². The quantitative estimate of drug-likeness (QED) is 0.910. The lowest BCUT2D eigenvalue weighted by Crippen LogP contribution is -2.44. The Balaban J connectivity index is 1.58. The van der Waals surface area contributed by atoms with E-state index in [1.807, 2.05) is 6.07 Å². The summed E-state index contributed by atoms with van der Waals surface area (Å²) in [5.41, 5.74) is 2.23. The number of hydrogen-bond donors (Lipinski definition) is 1. The molecule has 1 aromatic carbocycles. The van der Waals surface area contributed by atoms with Crippen LogP contribution >= 0.6 is 0 Å². The van der Waals surface area contributed by atoms with Crippen molar-refractivity contribution in [2.24, 2.45) is 0 Å². The Morgan fingerprint density at radius 1 is 1.05 bits per heavy atom. The van der Waals surface area contributed by atoms with E-state index in [1.54, 1.807) is 0 Å². The number of nitrogens with zero attached hydrogens (tertiary/aromatic N) is 2. The van der Waals surface area contributed by atoms with Crippen molar-refractivity contribution >= 4 is 10.9 Å². The fourth-order valence-electron chi connectivity index (χ4n) is 3.89. The van der Waals surface area contributed by atoms with Crippen LogP contribution in [0.2, 0.25) is 0 Å². The molecular formula is C17H20N2O. The molecule has 3 nitrogen and oxygen atoms in total. The normalized spacial score (nSPS) is 29.9. The van der Waals surface area contributed by atoms with Crippen molar-refractivity contribution in [3.8, 4) is 0 Å². The predicted molar refractivity (Wildman–Crippen MR) is 79.3 cm³/mol. The molecule has 3 heteroatoms. The lowest BCUT2D eigenvalue weighted by atomic mass is 9.99. The highest BCUT2D eigenvalue weighted by Gasteiger charge is 2.39. The molecule has 2 unspecified atom stereocenters. The number of aliphatic hydroxyl groups is 1. The molecule has 0 spiro atoms. The van der Waals surface area contributed by atoms with Gasteiger partial charge in [-0.05, 0) is 37.8 Å². The van der Waals surface area contributed by atoms with Crippen molar-refractivity contribution in [1.82, 2.24) is 9.88 Å². The highest BCUT2D eigenvalue weighted by molar-refractivity contribution is 5.78. The van der Waals surface area contributed by atoms with Gasteiger partial charge in [-0.15, -0.1) is 0 Å². The summed E-state index contributed by atoms with van der Waals surface area (Å²) in [5.74, 6) is 0. The van der Waals surface area contributed by atoms with Gasteiger partial charge in [-0.25, -0.2) is 0 Å². The van der Waals surface area contributed by atoms with Gasteiger partial charge in [-0.2, -0.15) is 0 Å². The van der Waals surface area contributed by atoms with Gasteiger partial charge < -0.3 is 5.11 Å². The first-order valence-electron chi connectivity index (χ1n) is 7.58. The van der Waals surface area contributed by atoms with Crippen LogP contribution in [0.3, 0.4) is 0 Å². The van der Waals surface area contributed by atoms with E-state index >= 15 is 0 Å². The zero-order chi connectivity index (χ0) is 13.5. The minimum atomic E-state index is -0.0895. The number of benzene rings is 1. The Bertz CT molecular complexity index is 613. The van der Waals surface area contributed by atoms with Crippen LogP contribution in [0.5, 0.6) is 0 Å². The van der Waals surface area contributed by atoms with Crippen molar-refractivity contribution in [2.45, 2.75) is 50.4 Å². The number of aromatic nitrogens is 1. The molecule has 1 aromatic heterocycles. The van der Waals surface area contributed by atoms with E-state index in [0.29, 0.717) is 12.1 Å². The van der Waals surface area contributed by atoms with Gasteiger partial charge in [-0.1, -0.05) is 24.3 Å². The third kappa shape index (κ3) is 2.11. The summed E-state index contributed by atoms with van der Waals surface area (Å²) in [4.78, 5) is 7.34. The molecule has 2 bridgehead atoms. The maximum Gasteiger partial charge on any atom is 0.0705 e. The van der Waals surface area contributed by atoms with Crippen molar-refractivity contribution in [3.63, 3.8) is 0 Å². The monoisotopic (exact) mass is 268 g/mol. The first-order chi connectivity index (χ1) is 9.79. The average Bonchev–Trinajstić information content (AvgIpc) is 2.70. The van der Waals surface area contributed by atoms with E-state index in [0.717, 1.165) is 30.6 Å². The third-order valence-electron chi connectivity index (χ3n) is 4.86. The zero-order valence-corrected chi connectivity index (χ0v) is 11.6. The summed E-state index contributed by atoms with van der Waals surface area (Å²) < 4.78 is 0. The number of pyridine rings is 1. The highest BCUT2D eigenvalue weighted by atomic mass is 16.3. The Kier molecular flexibility index (Phi) is 2.97. The standard InChI is InChI=1S/C17H20N2O/c20-16-9-14-7-8-15(10-16)19(14)11-13-6-5-12-3-1-2-4-17(12)18-13/h1-6,14-16,20H,7-11H2. The summed E-state index contributed by atoms with van der Waals surface area (Å²) >= 11 is 0. The van der Waals surface area contributed by atoms with Crippen LogP contribution in [0.15, 0.2) is 36.4 Å². The molecule has 3 heterocycles. The molecule has 1 N–H and O–H groups in total. The van der Waals surface area contributed by atoms with Gasteiger partial charge in [0.25, 0.3) is 0 Å². The van der Waals surface area contributed by atoms with E-state index in [-0.39, 0.29) is 6.10 Å². The second kappa shape index (κ2) is 4.83. The predicted octanol–water partition coefficient (Wildman–Crippen LogP) is 2.72. The lowest BCUT2D eigenvalue weighted by Gasteiger charge is -2.36. The van der Waals surface area contributed by atoms with Crippen LogP contribution in [0, 0.1) is 0 Å². The topological polar surface area (TPSA) is 36.4 Å². The molecule has 2 aliphatic rings. The molecule has 2 saturated heterocycles. The summed E-state index contributed by atoms with van der Waals surface area (Å²) in [5, 5.41) is 11.1. The van der Waals surface area contributed by atoms with Crippen molar-refractivity contribution in [1.29, 1.82) is 0 Å².